The minimum absolute atomic E-state index is 0. The molecule has 1 aliphatic carbocycles. The highest BCUT2D eigenvalue weighted by Gasteiger charge is 2.32. The van der Waals surface area contributed by atoms with Gasteiger partial charge < -0.3 is 11.1 Å². The molecule has 0 saturated heterocycles. The molecular weight excluding hydrogens is 345 g/mol. The Balaban J connectivity index is 0.00000225. The van der Waals surface area contributed by atoms with Gasteiger partial charge in [0.1, 0.15) is 11.6 Å². The standard InChI is InChI=1S/C17H22FN5O.ClH/c1-10(2)16-21-15(17(24)20-14(9-19)11-6-7-11)22-23(16)13-5-3-4-12(18)8-13;/h3-5,8,10-11,14H,6-7,9,19H2,1-2H3,(H,20,24);1H. The van der Waals surface area contributed by atoms with Crippen LogP contribution in [0.5, 0.6) is 0 Å². The van der Waals surface area contributed by atoms with Crippen LogP contribution in [0, 0.1) is 11.7 Å². The van der Waals surface area contributed by atoms with Crippen LogP contribution in [0.2, 0.25) is 0 Å². The van der Waals surface area contributed by atoms with Crippen LogP contribution in [0.1, 0.15) is 49.1 Å². The Morgan fingerprint density at radius 3 is 2.72 bits per heavy atom. The van der Waals surface area contributed by atoms with Gasteiger partial charge in [-0.3, -0.25) is 4.79 Å². The minimum Gasteiger partial charge on any atom is -0.345 e. The number of nitrogens with one attached hydrogen (secondary N) is 1. The van der Waals surface area contributed by atoms with Crippen LogP contribution in [-0.4, -0.2) is 33.3 Å². The molecule has 2 aromatic rings. The Morgan fingerprint density at radius 2 is 2.16 bits per heavy atom. The van der Waals surface area contributed by atoms with Gasteiger partial charge in [0.15, 0.2) is 0 Å². The van der Waals surface area contributed by atoms with Crippen molar-refractivity contribution in [1.29, 1.82) is 0 Å². The van der Waals surface area contributed by atoms with E-state index in [9.17, 15) is 9.18 Å². The Bertz CT molecular complexity index is 744. The topological polar surface area (TPSA) is 85.8 Å². The molecule has 1 aromatic carbocycles. The van der Waals surface area contributed by atoms with Crippen LogP contribution >= 0.6 is 12.4 Å². The lowest BCUT2D eigenvalue weighted by Gasteiger charge is -2.14. The molecule has 1 unspecified atom stereocenters. The van der Waals surface area contributed by atoms with Crippen molar-refractivity contribution >= 4 is 18.3 Å². The van der Waals surface area contributed by atoms with Crippen LogP contribution < -0.4 is 11.1 Å². The monoisotopic (exact) mass is 367 g/mol. The van der Waals surface area contributed by atoms with Crippen LogP contribution in [0.15, 0.2) is 24.3 Å². The third kappa shape index (κ3) is 4.35. The minimum atomic E-state index is -0.361. The highest BCUT2D eigenvalue weighted by atomic mass is 35.5. The Kier molecular flexibility index (Phi) is 6.13. The van der Waals surface area contributed by atoms with Gasteiger partial charge in [-0.25, -0.2) is 14.1 Å². The van der Waals surface area contributed by atoms with Gasteiger partial charge >= 0.3 is 0 Å². The molecule has 0 aliphatic heterocycles. The Labute approximate surface area is 152 Å². The van der Waals surface area contributed by atoms with E-state index >= 15 is 0 Å². The molecule has 136 valence electrons. The quantitative estimate of drug-likeness (QED) is 0.821. The summed E-state index contributed by atoms with van der Waals surface area (Å²) in [5, 5.41) is 7.21. The van der Waals surface area contributed by atoms with Crippen molar-refractivity contribution < 1.29 is 9.18 Å². The number of hydrogen-bond acceptors (Lipinski definition) is 4. The molecule has 1 fully saturated rings. The van der Waals surface area contributed by atoms with Crippen LogP contribution in [0.25, 0.3) is 5.69 Å². The summed E-state index contributed by atoms with van der Waals surface area (Å²) in [6.45, 7) is 4.31. The van der Waals surface area contributed by atoms with E-state index in [0.29, 0.717) is 24.0 Å². The average Bonchev–Trinajstić information content (AvgIpc) is 3.29. The summed E-state index contributed by atoms with van der Waals surface area (Å²) in [5.41, 5.74) is 6.27. The molecule has 3 rings (SSSR count). The largest absolute Gasteiger partial charge is 0.345 e. The number of rotatable bonds is 6. The highest BCUT2D eigenvalue weighted by molar-refractivity contribution is 5.90. The van der Waals surface area contributed by atoms with Gasteiger partial charge in [-0.15, -0.1) is 17.5 Å². The zero-order valence-electron chi connectivity index (χ0n) is 14.3. The summed E-state index contributed by atoms with van der Waals surface area (Å²) in [4.78, 5) is 16.8. The van der Waals surface area contributed by atoms with E-state index in [1.165, 1.54) is 16.8 Å². The van der Waals surface area contributed by atoms with Gasteiger partial charge in [-0.2, -0.15) is 0 Å². The molecule has 3 N–H and O–H groups in total. The summed E-state index contributed by atoms with van der Waals surface area (Å²) in [5.74, 6) is 0.489. The molecule has 1 atom stereocenters. The first-order chi connectivity index (χ1) is 11.5. The van der Waals surface area contributed by atoms with Gasteiger partial charge in [0.05, 0.1) is 5.69 Å². The van der Waals surface area contributed by atoms with Crippen molar-refractivity contribution in [2.24, 2.45) is 11.7 Å². The van der Waals surface area contributed by atoms with E-state index in [1.54, 1.807) is 12.1 Å². The van der Waals surface area contributed by atoms with Crippen LogP contribution in [0.4, 0.5) is 4.39 Å². The molecule has 8 heteroatoms. The fourth-order valence-electron chi connectivity index (χ4n) is 2.69. The third-order valence-electron chi connectivity index (χ3n) is 4.17. The van der Waals surface area contributed by atoms with E-state index < -0.39 is 0 Å². The van der Waals surface area contributed by atoms with E-state index in [1.807, 2.05) is 13.8 Å². The van der Waals surface area contributed by atoms with Crippen molar-refractivity contribution in [3.8, 4) is 5.69 Å². The van der Waals surface area contributed by atoms with E-state index in [2.05, 4.69) is 15.4 Å². The molecule has 1 saturated carbocycles. The molecule has 6 nitrogen and oxygen atoms in total. The molecular formula is C17H23ClFN5O. The summed E-state index contributed by atoms with van der Waals surface area (Å²) in [6, 6.07) is 6.03. The van der Waals surface area contributed by atoms with Crippen molar-refractivity contribution in [1.82, 2.24) is 20.1 Å². The van der Waals surface area contributed by atoms with Gasteiger partial charge in [-0.05, 0) is 37.0 Å². The van der Waals surface area contributed by atoms with E-state index in [-0.39, 0.29) is 41.9 Å². The molecule has 25 heavy (non-hydrogen) atoms. The SMILES string of the molecule is CC(C)c1nc(C(=O)NC(CN)C2CC2)nn1-c1cccc(F)c1.Cl. The zero-order chi connectivity index (χ0) is 17.3. The third-order valence-corrected chi connectivity index (χ3v) is 4.17. The summed E-state index contributed by atoms with van der Waals surface area (Å²) >= 11 is 0. The second kappa shape index (κ2) is 7.93. The number of aromatic nitrogens is 3. The summed E-state index contributed by atoms with van der Waals surface area (Å²) in [7, 11) is 0. The van der Waals surface area contributed by atoms with Gasteiger partial charge in [0.2, 0.25) is 5.82 Å². The zero-order valence-corrected chi connectivity index (χ0v) is 15.1. The first-order valence-electron chi connectivity index (χ1n) is 8.23. The molecule has 0 radical (unpaired) electrons. The average molecular weight is 368 g/mol. The molecule has 1 heterocycles. The molecule has 0 spiro atoms. The van der Waals surface area contributed by atoms with E-state index in [4.69, 9.17) is 5.73 Å². The molecule has 0 bridgehead atoms. The number of benzene rings is 1. The van der Waals surface area contributed by atoms with Crippen molar-refractivity contribution in [3.63, 3.8) is 0 Å². The van der Waals surface area contributed by atoms with Crippen molar-refractivity contribution in [3.05, 3.63) is 41.7 Å². The first-order valence-corrected chi connectivity index (χ1v) is 8.23. The fraction of sp³-hybridized carbons (Fsp3) is 0.471. The number of halogens is 2. The predicted octanol–water partition coefficient (Wildman–Crippen LogP) is 2.42. The Hall–Kier alpha value is -1.99. The smallest absolute Gasteiger partial charge is 0.291 e. The number of amides is 1. The maximum Gasteiger partial charge on any atom is 0.291 e. The van der Waals surface area contributed by atoms with Gasteiger partial charge in [0.25, 0.3) is 5.91 Å². The number of carbonyl (C=O) groups excluding carboxylic acids is 1. The summed E-state index contributed by atoms with van der Waals surface area (Å²) < 4.78 is 15.0. The molecule has 1 amide bonds. The van der Waals surface area contributed by atoms with E-state index in [0.717, 1.165) is 12.8 Å². The second-order valence-electron chi connectivity index (χ2n) is 6.49. The second-order valence-corrected chi connectivity index (χ2v) is 6.49. The van der Waals surface area contributed by atoms with Gasteiger partial charge in [0, 0.05) is 18.5 Å². The summed E-state index contributed by atoms with van der Waals surface area (Å²) in [6.07, 6.45) is 2.18. The Morgan fingerprint density at radius 1 is 1.44 bits per heavy atom. The lowest BCUT2D eigenvalue weighted by atomic mass is 10.2. The molecule has 1 aliphatic rings. The van der Waals surface area contributed by atoms with Gasteiger partial charge in [-0.1, -0.05) is 19.9 Å². The number of hydrogen-bond donors (Lipinski definition) is 2. The first kappa shape index (κ1) is 19.3. The van der Waals surface area contributed by atoms with Crippen LogP contribution in [0.3, 0.4) is 0 Å². The highest BCUT2D eigenvalue weighted by Crippen LogP contribution is 2.32. The van der Waals surface area contributed by atoms with Crippen LogP contribution in [-0.2, 0) is 0 Å². The number of carbonyl (C=O) groups is 1. The maximum absolute atomic E-state index is 13.5. The fourth-order valence-corrected chi connectivity index (χ4v) is 2.69. The predicted molar refractivity (Wildman–Crippen MR) is 95.7 cm³/mol. The number of nitrogens with zero attached hydrogens (tertiary/aromatic N) is 3. The van der Waals surface area contributed by atoms with Crippen molar-refractivity contribution in [2.45, 2.75) is 38.6 Å². The lowest BCUT2D eigenvalue weighted by molar-refractivity contribution is 0.0923. The maximum atomic E-state index is 13.5. The van der Waals surface area contributed by atoms with Crippen molar-refractivity contribution in [2.75, 3.05) is 6.54 Å². The number of nitrogens with two attached hydrogens (primary N) is 1. The lowest BCUT2D eigenvalue weighted by Crippen LogP contribution is -2.42. The molecule has 1 aromatic heterocycles. The normalized spacial score (nSPS) is 14.9.